The maximum Gasteiger partial charge on any atom is 0.243 e. The van der Waals surface area contributed by atoms with Crippen molar-refractivity contribution in [1.29, 1.82) is 0 Å². The Hall–Kier alpha value is -4.00. The van der Waals surface area contributed by atoms with Crippen molar-refractivity contribution in [2.45, 2.75) is 227 Å². The fourth-order valence-corrected chi connectivity index (χ4v) is 14.4. The second-order valence-corrected chi connectivity index (χ2v) is 24.4. The van der Waals surface area contributed by atoms with Crippen molar-refractivity contribution >= 4 is 46.6 Å². The number of nitrogens with one attached hydrogen (secondary N) is 5. The highest BCUT2D eigenvalue weighted by Gasteiger charge is 2.69. The van der Waals surface area contributed by atoms with E-state index in [1.807, 2.05) is 6.07 Å². The van der Waals surface area contributed by atoms with Gasteiger partial charge in [-0.25, -0.2) is 0 Å². The van der Waals surface area contributed by atoms with Crippen molar-refractivity contribution < 1.29 is 71.7 Å². The number of benzene rings is 1. The molecule has 1 aromatic carbocycles. The van der Waals surface area contributed by atoms with Gasteiger partial charge in [-0.1, -0.05) is 69.9 Å². The van der Waals surface area contributed by atoms with E-state index in [9.17, 15) is 29.1 Å². The van der Waals surface area contributed by atoms with Crippen LogP contribution in [0.25, 0.3) is 0 Å². The van der Waals surface area contributed by atoms with Crippen LogP contribution in [0, 0.1) is 17.8 Å². The van der Waals surface area contributed by atoms with E-state index in [0.717, 1.165) is 67.4 Å². The van der Waals surface area contributed by atoms with Crippen molar-refractivity contribution in [3.05, 3.63) is 48.0 Å². The van der Waals surface area contributed by atoms with Crippen LogP contribution in [0.5, 0.6) is 0 Å². The van der Waals surface area contributed by atoms with Gasteiger partial charge in [0.05, 0.1) is 86.8 Å². The predicted octanol–water partition coefficient (Wildman–Crippen LogP) is 2.96. The molecule has 436 valence electrons. The fourth-order valence-electron chi connectivity index (χ4n) is 14.0. The molecule has 1 aromatic rings. The average molecular weight is 1120 g/mol. The number of hydrogen-bond acceptors (Lipinski definition) is 16. The summed E-state index contributed by atoms with van der Waals surface area (Å²) >= 11 is 6.28. The smallest absolute Gasteiger partial charge is 0.243 e. The van der Waals surface area contributed by atoms with Crippen molar-refractivity contribution in [3.63, 3.8) is 0 Å². The number of ether oxygens (including phenoxy) is 9. The molecule has 10 heterocycles. The highest BCUT2D eigenvalue weighted by atomic mass is 32.1. The van der Waals surface area contributed by atoms with Gasteiger partial charge in [-0.3, -0.25) is 24.0 Å². The topological polar surface area (TPSA) is 249 Å². The number of thiocarbonyl (C=S) groups is 1. The van der Waals surface area contributed by atoms with Gasteiger partial charge in [0.1, 0.15) is 36.6 Å². The largest absolute Gasteiger partial charge is 0.391 e. The van der Waals surface area contributed by atoms with E-state index >= 15 is 0 Å². The predicted molar refractivity (Wildman–Crippen MR) is 289 cm³/mol. The SMILES string of the molecule is C=C1[C@H](C)C[C@@H]2CC[C@@H]3O[C@@H](CC[C@@]45CC6OC7C(O[C@H]8CC[C@H](CC(=S)C[C@@H]9[C@@H](OC)[C@@H](C[C@H](O)CNC(=O)CNC(=O)[C@H](Cc%10ccccc%10)NC(=O)CNC(=O)CNC(=O)CC)O[C@H]9C[C@H]1O2)O[C@@H]8[C@@H]7O4)[C@H]6O5)CC3C. The maximum absolute atomic E-state index is 13.5. The van der Waals surface area contributed by atoms with Crippen molar-refractivity contribution in [2.24, 2.45) is 17.8 Å². The highest BCUT2D eigenvalue weighted by molar-refractivity contribution is 7.80. The third-order valence-corrected chi connectivity index (χ3v) is 18.5. The van der Waals surface area contributed by atoms with Crippen molar-refractivity contribution in [1.82, 2.24) is 26.6 Å². The summed E-state index contributed by atoms with van der Waals surface area (Å²) in [7, 11) is 1.65. The molecule has 10 fully saturated rings. The first-order chi connectivity index (χ1) is 38.0. The summed E-state index contributed by atoms with van der Waals surface area (Å²) in [5.41, 5.74) is 1.79. The second kappa shape index (κ2) is 25.6. The molecule has 0 aliphatic carbocycles. The molecule has 6 N–H and O–H groups in total. The maximum atomic E-state index is 13.5. The summed E-state index contributed by atoms with van der Waals surface area (Å²) in [5.74, 6) is -3.04. The molecular weight excluding hydrogens is 1040 g/mol. The van der Waals surface area contributed by atoms with Gasteiger partial charge in [0.2, 0.25) is 29.5 Å². The lowest BCUT2D eigenvalue weighted by Gasteiger charge is -2.47. The molecule has 79 heavy (non-hydrogen) atoms. The second-order valence-electron chi connectivity index (χ2n) is 23.8. The Morgan fingerprint density at radius 3 is 2.22 bits per heavy atom. The molecule has 20 nitrogen and oxygen atoms in total. The van der Waals surface area contributed by atoms with Gasteiger partial charge >= 0.3 is 0 Å². The number of carbonyl (C=O) groups excluding carboxylic acids is 5. The van der Waals surface area contributed by atoms with E-state index in [1.54, 1.807) is 38.3 Å². The van der Waals surface area contributed by atoms with E-state index in [1.165, 1.54) is 0 Å². The van der Waals surface area contributed by atoms with E-state index < -0.39 is 66.9 Å². The molecule has 1 spiro atoms. The molecular formula is C58H83N5O15S. The number of hydrogen-bond donors (Lipinski definition) is 6. The van der Waals surface area contributed by atoms with Crippen molar-refractivity contribution in [2.75, 3.05) is 33.3 Å². The monoisotopic (exact) mass is 1120 g/mol. The van der Waals surface area contributed by atoms with Gasteiger partial charge in [-0.15, -0.1) is 0 Å². The quantitative estimate of drug-likeness (QED) is 0.103. The third kappa shape index (κ3) is 13.8. The molecule has 11 rings (SSSR count). The summed E-state index contributed by atoms with van der Waals surface area (Å²) in [4.78, 5) is 64.2. The summed E-state index contributed by atoms with van der Waals surface area (Å²) < 4.78 is 61.4. The Bertz CT molecular complexity index is 2370. The van der Waals surface area contributed by atoms with Crippen LogP contribution in [0.15, 0.2) is 42.5 Å². The third-order valence-electron chi connectivity index (χ3n) is 18.2. The number of carbonyl (C=O) groups is 5. The van der Waals surface area contributed by atoms with Crippen LogP contribution in [0.2, 0.25) is 0 Å². The molecule has 21 heteroatoms. The minimum Gasteiger partial charge on any atom is -0.391 e. The van der Waals surface area contributed by atoms with Gasteiger partial charge in [-0.2, -0.15) is 0 Å². The lowest BCUT2D eigenvalue weighted by molar-refractivity contribution is -0.292. The van der Waals surface area contributed by atoms with E-state index in [2.05, 4.69) is 47.0 Å². The molecule has 10 aliphatic rings. The number of methoxy groups -OCH3 is 1. The van der Waals surface area contributed by atoms with Crippen LogP contribution in [-0.4, -0.2) is 182 Å². The molecule has 0 radical (unpaired) electrons. The minimum atomic E-state index is -1.08. The lowest BCUT2D eigenvalue weighted by Crippen LogP contribution is -2.61. The Morgan fingerprint density at radius 2 is 1.42 bits per heavy atom. The molecule has 10 aliphatic heterocycles. The van der Waals surface area contributed by atoms with Crippen LogP contribution >= 0.6 is 12.2 Å². The van der Waals surface area contributed by atoms with Crippen LogP contribution in [0.4, 0.5) is 0 Å². The lowest BCUT2D eigenvalue weighted by atomic mass is 9.81. The number of aliphatic hydroxyl groups excluding tert-OH is 1. The zero-order valence-electron chi connectivity index (χ0n) is 46.1. The number of rotatable bonds is 16. The number of fused-ring (bicyclic) bond motifs is 6. The first-order valence-corrected chi connectivity index (χ1v) is 29.6. The first kappa shape index (κ1) is 58.2. The Morgan fingerprint density at radius 1 is 0.722 bits per heavy atom. The van der Waals surface area contributed by atoms with E-state index in [4.69, 9.17) is 54.8 Å². The average Bonchev–Trinajstić information content (AvgIpc) is 3.82. The molecule has 10 saturated heterocycles. The fraction of sp³-hybridized carbons (Fsp3) is 0.759. The van der Waals surface area contributed by atoms with Gasteiger partial charge in [0.15, 0.2) is 5.79 Å². The standard InChI is InChI=1S/C58H83N5O15S/c1-6-47(65)60-27-48(66)61-29-50(68)63-40(20-33-10-8-7-9-11-33)57(69)62-28-49(67)59-26-34(64)21-45-51(70-5)39-23-38(79)22-36-13-15-42-52(73-36)56-55-54(75-42)53-46(76-55)25-58(77-53,78-56)17-16-37-19-31(3)41(71-37)14-12-35-18-30(2)32(4)43(72-35)24-44(39)74-45/h7-11,30-31,34-37,39-46,51-56,64H,4,6,12-29H2,1-3,5H3,(H,59,67)(H,60,65)(H,61,66)(H,62,69)(H,63,68)/t30-,31?,34+,35+,36-,37+,39+,40+,41+,42+,43-,44+,45-,46?,51-,52+,53+,54?,55?,56+,58+/m1/s1. The minimum absolute atomic E-state index is 0.0132. The zero-order valence-corrected chi connectivity index (χ0v) is 47.0. The summed E-state index contributed by atoms with van der Waals surface area (Å²) in [6.45, 7) is 9.43. The van der Waals surface area contributed by atoms with E-state index in [-0.39, 0.29) is 129 Å². The molecule has 12 bridgehead atoms. The normalized spacial score (nSPS) is 39.4. The summed E-state index contributed by atoms with van der Waals surface area (Å²) in [6, 6.07) is 7.95. The van der Waals surface area contributed by atoms with Crippen LogP contribution in [-0.2, 0) is 73.0 Å². The summed E-state index contributed by atoms with van der Waals surface area (Å²) in [6.07, 6.45) is 5.29. The molecule has 5 amide bonds. The molecule has 0 aromatic heterocycles. The zero-order chi connectivity index (χ0) is 55.5. The molecule has 21 atom stereocenters. The molecule has 0 saturated carbocycles. The van der Waals surface area contributed by atoms with Crippen molar-refractivity contribution in [3.8, 4) is 0 Å². The van der Waals surface area contributed by atoms with E-state index in [0.29, 0.717) is 31.6 Å². The van der Waals surface area contributed by atoms with Crippen LogP contribution < -0.4 is 26.6 Å². The Balaban J connectivity index is 0.782. The first-order valence-electron chi connectivity index (χ1n) is 29.1. The van der Waals surface area contributed by atoms with Crippen LogP contribution in [0.1, 0.15) is 116 Å². The Kier molecular flexibility index (Phi) is 18.9. The molecule has 4 unspecified atom stereocenters. The van der Waals surface area contributed by atoms with Gasteiger partial charge in [0.25, 0.3) is 0 Å². The summed E-state index contributed by atoms with van der Waals surface area (Å²) in [5, 5.41) is 24.4. The van der Waals surface area contributed by atoms with Gasteiger partial charge in [-0.05, 0) is 79.2 Å². The number of amides is 5. The van der Waals surface area contributed by atoms with Crippen LogP contribution in [0.3, 0.4) is 0 Å². The number of aliphatic hydroxyl groups is 1. The Labute approximate surface area is 468 Å². The van der Waals surface area contributed by atoms with Gasteiger partial charge < -0.3 is 74.3 Å². The highest BCUT2D eigenvalue weighted by Crippen LogP contribution is 2.54. The van der Waals surface area contributed by atoms with Gasteiger partial charge in [0, 0.05) is 64.5 Å².